The van der Waals surface area contributed by atoms with Gasteiger partial charge in [0.25, 0.3) is 0 Å². The highest BCUT2D eigenvalue weighted by atomic mass is 19.4. The molecule has 1 saturated heterocycles. The molecule has 1 aromatic heterocycles. The molecule has 5 rings (SSSR count). The van der Waals surface area contributed by atoms with Crippen LogP contribution in [0.1, 0.15) is 22.3 Å². The molecule has 0 amide bonds. The first kappa shape index (κ1) is 17.8. The fraction of sp³-hybridized carbons (Fsp3) is 0.190. The molecule has 3 aromatic rings. The average Bonchev–Trinajstić information content (AvgIpc) is 3.05. The number of Topliss-reactive ketones (excluding diaryl/α,β-unsaturated/α-hetero) is 1. The van der Waals surface area contributed by atoms with E-state index in [0.717, 1.165) is 28.7 Å². The Hall–Kier alpha value is -3.26. The summed E-state index contributed by atoms with van der Waals surface area (Å²) >= 11 is 0. The second kappa shape index (κ2) is 5.87. The number of aliphatic hydroxyl groups is 1. The zero-order valence-corrected chi connectivity index (χ0v) is 14.9. The van der Waals surface area contributed by atoms with E-state index in [9.17, 15) is 23.1 Å². The van der Waals surface area contributed by atoms with E-state index in [1.807, 2.05) is 30.3 Å². The smallest absolute Gasteiger partial charge is 0.374 e. The van der Waals surface area contributed by atoms with Gasteiger partial charge in [0.15, 0.2) is 5.60 Å². The lowest BCUT2D eigenvalue weighted by molar-refractivity contribution is -0.137. The van der Waals surface area contributed by atoms with Crippen molar-refractivity contribution in [1.82, 2.24) is 4.98 Å². The van der Waals surface area contributed by atoms with Crippen LogP contribution in [0, 0.1) is 0 Å². The Morgan fingerprint density at radius 1 is 1.10 bits per heavy atom. The van der Waals surface area contributed by atoms with E-state index >= 15 is 0 Å². The number of carbonyl (C=O) groups is 1. The second-order valence-corrected chi connectivity index (χ2v) is 7.14. The van der Waals surface area contributed by atoms with E-state index in [1.165, 1.54) is 6.07 Å². The second-order valence-electron chi connectivity index (χ2n) is 7.14. The van der Waals surface area contributed by atoms with E-state index < -0.39 is 23.1 Å². The number of alkyl halides is 3. The topological polar surface area (TPSA) is 65.8 Å². The fourth-order valence-corrected chi connectivity index (χ4v) is 3.89. The zero-order valence-electron chi connectivity index (χ0n) is 14.9. The van der Waals surface area contributed by atoms with Crippen molar-refractivity contribution < 1.29 is 23.1 Å². The van der Waals surface area contributed by atoms with Crippen LogP contribution in [0.25, 0.3) is 10.9 Å². The molecule has 3 heterocycles. The normalized spacial score (nSPS) is 21.2. The lowest BCUT2D eigenvalue weighted by atomic mass is 9.87. The number of carbonyl (C=O) groups excluding carboxylic acids is 1. The molecule has 0 spiro atoms. The summed E-state index contributed by atoms with van der Waals surface area (Å²) in [7, 11) is 0. The minimum atomic E-state index is -4.58. The molecule has 1 fully saturated rings. The molecule has 0 saturated carbocycles. The number of aromatic nitrogens is 1. The zero-order chi connectivity index (χ0) is 20.4. The highest BCUT2D eigenvalue weighted by Gasteiger charge is 2.52. The number of ketones is 1. The number of nitrogens with zero attached hydrogens (tertiary/aromatic N) is 3. The molecule has 29 heavy (non-hydrogen) atoms. The summed E-state index contributed by atoms with van der Waals surface area (Å²) in [5.41, 5.74) is -1.45. The largest absolute Gasteiger partial charge is 0.416 e. The number of hydrogen-bond acceptors (Lipinski definition) is 5. The number of fused-ring (bicyclic) bond motifs is 3. The molecule has 2 aliphatic heterocycles. The Labute approximate surface area is 163 Å². The van der Waals surface area contributed by atoms with Gasteiger partial charge in [-0.05, 0) is 42.5 Å². The standard InChI is InChI=1S/C21H14F3N3O2/c22-21(23,24)13-3-5-17-15(11-13)18(28)20(29)7-9-27(19(20)26-17)14-4-6-16-12(10-14)2-1-8-25-16/h1-6,8,10-11,29H,7,9H2/t20-/m1/s1. The van der Waals surface area contributed by atoms with Crippen LogP contribution in [0.4, 0.5) is 24.5 Å². The van der Waals surface area contributed by atoms with Crippen molar-refractivity contribution >= 4 is 33.9 Å². The number of pyridine rings is 1. The Bertz CT molecular complexity index is 1210. The fourth-order valence-electron chi connectivity index (χ4n) is 3.89. The highest BCUT2D eigenvalue weighted by Crippen LogP contribution is 2.41. The van der Waals surface area contributed by atoms with Crippen molar-refractivity contribution in [3.8, 4) is 0 Å². The summed E-state index contributed by atoms with van der Waals surface area (Å²) in [4.78, 5) is 23.3. The van der Waals surface area contributed by atoms with Crippen LogP contribution < -0.4 is 4.90 Å². The third-order valence-corrected chi connectivity index (χ3v) is 5.39. The lowest BCUT2D eigenvalue weighted by Crippen LogP contribution is -2.48. The molecule has 0 unspecified atom stereocenters. The Balaban J connectivity index is 1.62. The average molecular weight is 397 g/mol. The minimum Gasteiger partial charge on any atom is -0.374 e. The molecule has 8 heteroatoms. The summed E-state index contributed by atoms with van der Waals surface area (Å²) in [5.74, 6) is -0.619. The van der Waals surface area contributed by atoms with Crippen LogP contribution in [-0.2, 0) is 6.18 Å². The van der Waals surface area contributed by atoms with Gasteiger partial charge in [-0.25, -0.2) is 4.99 Å². The predicted molar refractivity (Wildman–Crippen MR) is 102 cm³/mol. The summed E-state index contributed by atoms with van der Waals surface area (Å²) in [6.07, 6.45) is -2.85. The van der Waals surface area contributed by atoms with E-state index in [1.54, 1.807) is 11.1 Å². The monoisotopic (exact) mass is 397 g/mol. The Kier molecular flexibility index (Phi) is 3.61. The maximum absolute atomic E-state index is 13.0. The van der Waals surface area contributed by atoms with Gasteiger partial charge in [0.05, 0.1) is 16.8 Å². The maximum Gasteiger partial charge on any atom is 0.416 e. The van der Waals surface area contributed by atoms with Gasteiger partial charge in [0, 0.05) is 35.8 Å². The molecular weight excluding hydrogens is 383 g/mol. The van der Waals surface area contributed by atoms with Gasteiger partial charge in [-0.3, -0.25) is 9.78 Å². The lowest BCUT2D eigenvalue weighted by Gasteiger charge is -2.30. The molecule has 2 aromatic carbocycles. The number of halogens is 3. The Morgan fingerprint density at radius 2 is 1.93 bits per heavy atom. The predicted octanol–water partition coefficient (Wildman–Crippen LogP) is 4.12. The summed E-state index contributed by atoms with van der Waals surface area (Å²) in [6, 6.07) is 12.1. The summed E-state index contributed by atoms with van der Waals surface area (Å²) < 4.78 is 39.1. The number of benzene rings is 2. The summed E-state index contributed by atoms with van der Waals surface area (Å²) in [5, 5.41) is 11.9. The van der Waals surface area contributed by atoms with Crippen molar-refractivity contribution in [2.45, 2.75) is 18.2 Å². The molecule has 0 aliphatic carbocycles. The molecule has 1 atom stereocenters. The molecular formula is C21H14F3N3O2. The first-order valence-corrected chi connectivity index (χ1v) is 8.97. The van der Waals surface area contributed by atoms with Gasteiger partial charge in [-0.1, -0.05) is 6.07 Å². The van der Waals surface area contributed by atoms with Gasteiger partial charge in [-0.15, -0.1) is 0 Å². The first-order chi connectivity index (χ1) is 13.8. The van der Waals surface area contributed by atoms with Gasteiger partial charge < -0.3 is 10.0 Å². The highest BCUT2D eigenvalue weighted by molar-refractivity contribution is 6.28. The number of hydrogen-bond donors (Lipinski definition) is 1. The van der Waals surface area contributed by atoms with Crippen LogP contribution in [0.5, 0.6) is 0 Å². The maximum atomic E-state index is 13.0. The third-order valence-electron chi connectivity index (χ3n) is 5.39. The third kappa shape index (κ3) is 2.63. The Morgan fingerprint density at radius 3 is 2.72 bits per heavy atom. The van der Waals surface area contributed by atoms with Crippen LogP contribution >= 0.6 is 0 Å². The van der Waals surface area contributed by atoms with Gasteiger partial charge >= 0.3 is 6.18 Å². The molecule has 0 radical (unpaired) electrons. The minimum absolute atomic E-state index is 0.0471. The number of amidine groups is 1. The molecule has 5 nitrogen and oxygen atoms in total. The quantitative estimate of drug-likeness (QED) is 0.671. The van der Waals surface area contributed by atoms with Gasteiger partial charge in [-0.2, -0.15) is 13.2 Å². The first-order valence-electron chi connectivity index (χ1n) is 8.97. The van der Waals surface area contributed by atoms with Gasteiger partial charge in [0.1, 0.15) is 5.84 Å². The van der Waals surface area contributed by atoms with Crippen LogP contribution in [0.15, 0.2) is 59.7 Å². The molecule has 2 aliphatic rings. The van der Waals surface area contributed by atoms with Crippen molar-refractivity contribution in [1.29, 1.82) is 0 Å². The SMILES string of the molecule is O=C1c2cc(C(F)(F)F)ccc2N=C2N(c3ccc4ncccc4c3)CC[C@@]12O. The van der Waals surface area contributed by atoms with Crippen LogP contribution in [-0.4, -0.2) is 33.9 Å². The van der Waals surface area contributed by atoms with E-state index in [4.69, 9.17) is 0 Å². The molecule has 146 valence electrons. The molecule has 0 bridgehead atoms. The van der Waals surface area contributed by atoms with E-state index in [-0.39, 0.29) is 23.5 Å². The van der Waals surface area contributed by atoms with Crippen molar-refractivity contribution in [2.75, 3.05) is 11.4 Å². The van der Waals surface area contributed by atoms with Crippen molar-refractivity contribution in [2.24, 2.45) is 4.99 Å². The van der Waals surface area contributed by atoms with Crippen molar-refractivity contribution in [3.63, 3.8) is 0 Å². The van der Waals surface area contributed by atoms with Crippen LogP contribution in [0.3, 0.4) is 0 Å². The van der Waals surface area contributed by atoms with Crippen LogP contribution in [0.2, 0.25) is 0 Å². The molecule has 1 N–H and O–H groups in total. The summed E-state index contributed by atoms with van der Waals surface area (Å²) in [6.45, 7) is 0.312. The number of anilines is 1. The van der Waals surface area contributed by atoms with E-state index in [0.29, 0.717) is 6.54 Å². The van der Waals surface area contributed by atoms with Crippen molar-refractivity contribution in [3.05, 3.63) is 65.9 Å². The van der Waals surface area contributed by atoms with Gasteiger partial charge in [0.2, 0.25) is 5.78 Å². The van der Waals surface area contributed by atoms with E-state index in [2.05, 4.69) is 9.98 Å². The number of rotatable bonds is 1. The number of aliphatic imine (C=N–C) groups is 1.